The Kier molecular flexibility index (Phi) is 5.92. The van der Waals surface area contributed by atoms with Gasteiger partial charge in [0, 0.05) is 56.6 Å². The molecule has 0 N–H and O–H groups in total. The summed E-state index contributed by atoms with van der Waals surface area (Å²) in [6, 6.07) is 7.33. The van der Waals surface area contributed by atoms with Gasteiger partial charge in [0.1, 0.15) is 5.82 Å². The molecule has 0 spiro atoms. The van der Waals surface area contributed by atoms with Crippen molar-refractivity contribution in [2.75, 3.05) is 63.3 Å². The lowest BCUT2D eigenvalue weighted by Crippen LogP contribution is -2.49. The van der Waals surface area contributed by atoms with Gasteiger partial charge in [-0.3, -0.25) is 4.79 Å². The van der Waals surface area contributed by atoms with Gasteiger partial charge in [-0.2, -0.15) is 4.98 Å². The fourth-order valence-electron chi connectivity index (χ4n) is 4.05. The van der Waals surface area contributed by atoms with Gasteiger partial charge in [-0.25, -0.2) is 4.98 Å². The van der Waals surface area contributed by atoms with Crippen LogP contribution in [-0.4, -0.2) is 74.3 Å². The third-order valence-electron chi connectivity index (χ3n) is 5.74. The molecule has 2 aromatic rings. The third kappa shape index (κ3) is 4.13. The van der Waals surface area contributed by atoms with Gasteiger partial charge in [0.15, 0.2) is 11.5 Å². The van der Waals surface area contributed by atoms with E-state index >= 15 is 0 Å². The van der Waals surface area contributed by atoms with Gasteiger partial charge < -0.3 is 24.2 Å². The highest BCUT2D eigenvalue weighted by Crippen LogP contribution is 2.28. The summed E-state index contributed by atoms with van der Waals surface area (Å²) >= 11 is 0. The Hall–Kier alpha value is -3.03. The standard InChI is InChI=1S/C22H29N5O3/c1-16-14-20(24-22(23-16)27-8-4-5-9-27)25-10-12-26(13-11-25)21(28)17-6-7-18(29-2)19(15-17)30-3/h6-7,14-15H,4-5,8-13H2,1-3H3. The highest BCUT2D eigenvalue weighted by atomic mass is 16.5. The number of nitrogens with zero attached hydrogens (tertiary/aromatic N) is 5. The fourth-order valence-corrected chi connectivity index (χ4v) is 4.05. The predicted octanol–water partition coefficient (Wildman–Crippen LogP) is 2.36. The fraction of sp³-hybridized carbons (Fsp3) is 0.500. The van der Waals surface area contributed by atoms with Crippen molar-refractivity contribution in [1.82, 2.24) is 14.9 Å². The van der Waals surface area contributed by atoms with Crippen molar-refractivity contribution in [2.45, 2.75) is 19.8 Å². The molecule has 1 amide bonds. The molecular weight excluding hydrogens is 382 g/mol. The monoisotopic (exact) mass is 411 g/mol. The first-order valence-electron chi connectivity index (χ1n) is 10.5. The highest BCUT2D eigenvalue weighted by Gasteiger charge is 2.25. The lowest BCUT2D eigenvalue weighted by molar-refractivity contribution is 0.0746. The Morgan fingerprint density at radius 1 is 0.867 bits per heavy atom. The summed E-state index contributed by atoms with van der Waals surface area (Å²) in [6.45, 7) is 6.85. The first kappa shape index (κ1) is 20.3. The summed E-state index contributed by atoms with van der Waals surface area (Å²) in [5.74, 6) is 2.96. The van der Waals surface area contributed by atoms with E-state index < -0.39 is 0 Å². The molecule has 8 heteroatoms. The van der Waals surface area contributed by atoms with Gasteiger partial charge >= 0.3 is 0 Å². The summed E-state index contributed by atoms with van der Waals surface area (Å²) in [4.78, 5) is 28.8. The Bertz CT molecular complexity index is 906. The molecule has 0 aliphatic carbocycles. The second kappa shape index (κ2) is 8.77. The average Bonchev–Trinajstić information content (AvgIpc) is 3.33. The van der Waals surface area contributed by atoms with E-state index in [1.54, 1.807) is 32.4 Å². The number of benzene rings is 1. The summed E-state index contributed by atoms with van der Waals surface area (Å²) < 4.78 is 10.6. The molecule has 1 aromatic heterocycles. The zero-order valence-corrected chi connectivity index (χ0v) is 17.9. The van der Waals surface area contributed by atoms with E-state index in [-0.39, 0.29) is 5.91 Å². The van der Waals surface area contributed by atoms with Crippen LogP contribution in [0.25, 0.3) is 0 Å². The summed E-state index contributed by atoms with van der Waals surface area (Å²) in [7, 11) is 3.16. The zero-order chi connectivity index (χ0) is 21.1. The molecule has 0 radical (unpaired) electrons. The molecule has 2 aliphatic heterocycles. The van der Waals surface area contributed by atoms with Crippen molar-refractivity contribution in [1.29, 1.82) is 0 Å². The molecule has 0 saturated carbocycles. The number of rotatable bonds is 5. The van der Waals surface area contributed by atoms with Crippen LogP contribution < -0.4 is 19.3 Å². The predicted molar refractivity (Wildman–Crippen MR) is 116 cm³/mol. The second-order valence-corrected chi connectivity index (χ2v) is 7.71. The molecule has 2 aliphatic rings. The number of carbonyl (C=O) groups is 1. The minimum atomic E-state index is 0.00669. The van der Waals surface area contributed by atoms with Crippen LogP contribution in [0.15, 0.2) is 24.3 Å². The summed E-state index contributed by atoms with van der Waals surface area (Å²) in [5.41, 5.74) is 1.58. The average molecular weight is 412 g/mol. The van der Waals surface area contributed by atoms with Crippen LogP contribution >= 0.6 is 0 Å². The van der Waals surface area contributed by atoms with Crippen LogP contribution in [0, 0.1) is 6.92 Å². The molecule has 0 bridgehead atoms. The van der Waals surface area contributed by atoms with Gasteiger partial charge in [-0.1, -0.05) is 0 Å². The largest absolute Gasteiger partial charge is 0.493 e. The number of methoxy groups -OCH3 is 2. The topological polar surface area (TPSA) is 71.0 Å². The van der Waals surface area contributed by atoms with Crippen LogP contribution in [0.5, 0.6) is 11.5 Å². The quantitative estimate of drug-likeness (QED) is 0.748. The number of anilines is 2. The van der Waals surface area contributed by atoms with Gasteiger partial charge in [-0.15, -0.1) is 0 Å². The number of amides is 1. The minimum absolute atomic E-state index is 0.00669. The lowest BCUT2D eigenvalue weighted by atomic mass is 10.1. The van der Waals surface area contributed by atoms with Crippen molar-refractivity contribution >= 4 is 17.7 Å². The molecule has 0 atom stereocenters. The van der Waals surface area contributed by atoms with Crippen molar-refractivity contribution in [3.63, 3.8) is 0 Å². The molecule has 4 rings (SSSR count). The van der Waals surface area contributed by atoms with Crippen molar-refractivity contribution < 1.29 is 14.3 Å². The molecule has 2 fully saturated rings. The maximum absolute atomic E-state index is 13.0. The number of aryl methyl sites for hydroxylation is 1. The van der Waals surface area contributed by atoms with Gasteiger partial charge in [0.05, 0.1) is 14.2 Å². The third-order valence-corrected chi connectivity index (χ3v) is 5.74. The van der Waals surface area contributed by atoms with E-state index in [0.29, 0.717) is 30.2 Å². The van der Waals surface area contributed by atoms with Crippen molar-refractivity contribution in [3.05, 3.63) is 35.5 Å². The molecule has 1 aromatic carbocycles. The molecule has 2 saturated heterocycles. The van der Waals surface area contributed by atoms with Crippen LogP contribution in [0.3, 0.4) is 0 Å². The lowest BCUT2D eigenvalue weighted by Gasteiger charge is -2.36. The highest BCUT2D eigenvalue weighted by molar-refractivity contribution is 5.95. The number of carbonyl (C=O) groups excluding carboxylic acids is 1. The Morgan fingerprint density at radius 2 is 1.57 bits per heavy atom. The van der Waals surface area contributed by atoms with E-state index in [2.05, 4.69) is 14.8 Å². The first-order chi connectivity index (χ1) is 14.6. The second-order valence-electron chi connectivity index (χ2n) is 7.71. The van der Waals surface area contributed by atoms with E-state index in [0.717, 1.165) is 43.6 Å². The molecular formula is C22H29N5O3. The maximum atomic E-state index is 13.0. The number of hydrogen-bond acceptors (Lipinski definition) is 7. The molecule has 30 heavy (non-hydrogen) atoms. The summed E-state index contributed by atoms with van der Waals surface area (Å²) in [5, 5.41) is 0. The number of piperazine rings is 1. The first-order valence-corrected chi connectivity index (χ1v) is 10.5. The van der Waals surface area contributed by atoms with Crippen molar-refractivity contribution in [2.24, 2.45) is 0 Å². The van der Waals surface area contributed by atoms with E-state index in [1.165, 1.54) is 12.8 Å². The SMILES string of the molecule is COc1ccc(C(=O)N2CCN(c3cc(C)nc(N4CCCC4)n3)CC2)cc1OC. The molecule has 160 valence electrons. The number of ether oxygens (including phenoxy) is 2. The Balaban J connectivity index is 1.43. The normalized spacial score (nSPS) is 16.7. The zero-order valence-electron chi connectivity index (χ0n) is 17.9. The van der Waals surface area contributed by atoms with Crippen LogP contribution in [0.2, 0.25) is 0 Å². The van der Waals surface area contributed by atoms with E-state index in [9.17, 15) is 4.79 Å². The Labute approximate surface area is 177 Å². The van der Waals surface area contributed by atoms with Gasteiger partial charge in [-0.05, 0) is 38.0 Å². The van der Waals surface area contributed by atoms with Crippen LogP contribution in [0.1, 0.15) is 28.9 Å². The molecule has 8 nitrogen and oxygen atoms in total. The van der Waals surface area contributed by atoms with E-state index in [4.69, 9.17) is 14.5 Å². The van der Waals surface area contributed by atoms with Crippen LogP contribution in [0.4, 0.5) is 11.8 Å². The smallest absolute Gasteiger partial charge is 0.254 e. The molecule has 0 unspecified atom stereocenters. The number of hydrogen-bond donors (Lipinski definition) is 0. The molecule has 3 heterocycles. The minimum Gasteiger partial charge on any atom is -0.493 e. The number of aromatic nitrogens is 2. The summed E-state index contributed by atoms with van der Waals surface area (Å²) in [6.07, 6.45) is 2.40. The Morgan fingerprint density at radius 3 is 2.23 bits per heavy atom. The van der Waals surface area contributed by atoms with Gasteiger partial charge in [0.2, 0.25) is 5.95 Å². The van der Waals surface area contributed by atoms with E-state index in [1.807, 2.05) is 17.9 Å². The van der Waals surface area contributed by atoms with Crippen molar-refractivity contribution in [3.8, 4) is 11.5 Å². The maximum Gasteiger partial charge on any atom is 0.254 e. The van der Waals surface area contributed by atoms with Gasteiger partial charge in [0.25, 0.3) is 5.91 Å². The van der Waals surface area contributed by atoms with Crippen LogP contribution in [-0.2, 0) is 0 Å².